The second-order valence-electron chi connectivity index (χ2n) is 5.41. The second-order valence-corrected chi connectivity index (χ2v) is 6.55. The lowest BCUT2D eigenvalue weighted by Gasteiger charge is -2.17. The molecule has 0 aromatic carbocycles. The van der Waals surface area contributed by atoms with Crippen molar-refractivity contribution in [3.05, 3.63) is 22.1 Å². The van der Waals surface area contributed by atoms with Crippen LogP contribution < -0.4 is 11.3 Å². The number of fused-ring (bicyclic) bond motifs is 1. The van der Waals surface area contributed by atoms with E-state index in [1.165, 1.54) is 10.8 Å². The molecule has 0 radical (unpaired) electrons. The van der Waals surface area contributed by atoms with Gasteiger partial charge in [-0.25, -0.2) is 0 Å². The standard InChI is InChI=1S/C12H17N4O8P/c1-4-2-16(8-5(4)9(20)15-12(13)14-8)10-6(18)7(19)11(22-10)23-24-25(21)3-17/h2,6-7,10-11,17-19,21H,3H2,1H3,(H3,13,14,15,20)/t6?,7-,10-,11-,25?/m1/s1. The minimum atomic E-state index is -2.25. The first-order valence-corrected chi connectivity index (χ1v) is 8.52. The molecule has 1 saturated heterocycles. The smallest absolute Gasteiger partial charge is 0.262 e. The van der Waals surface area contributed by atoms with Crippen LogP contribution in [0.15, 0.2) is 11.0 Å². The van der Waals surface area contributed by atoms with Crippen LogP contribution in [0.2, 0.25) is 0 Å². The Kier molecular flexibility index (Phi) is 5.04. The average molecular weight is 376 g/mol. The van der Waals surface area contributed by atoms with Crippen LogP contribution in [0.25, 0.3) is 11.0 Å². The van der Waals surface area contributed by atoms with Crippen molar-refractivity contribution in [1.82, 2.24) is 14.5 Å². The fraction of sp³-hybridized carbons (Fsp3) is 0.500. The summed E-state index contributed by atoms with van der Waals surface area (Å²) in [6.07, 6.45) is -4.68. The molecule has 1 aliphatic heterocycles. The van der Waals surface area contributed by atoms with Crippen LogP contribution in [0.3, 0.4) is 0 Å². The highest BCUT2D eigenvalue weighted by Crippen LogP contribution is 2.36. The summed E-state index contributed by atoms with van der Waals surface area (Å²) >= 11 is 0. The molecule has 13 heteroatoms. The minimum absolute atomic E-state index is 0.116. The van der Waals surface area contributed by atoms with Crippen LogP contribution in [0, 0.1) is 6.92 Å². The molecule has 12 nitrogen and oxygen atoms in total. The second kappa shape index (κ2) is 6.94. The Hall–Kier alpha value is -1.63. The van der Waals surface area contributed by atoms with E-state index in [0.29, 0.717) is 5.56 Å². The normalized spacial score (nSPS) is 27.9. The molecule has 2 aromatic heterocycles. The van der Waals surface area contributed by atoms with Gasteiger partial charge in [-0.1, -0.05) is 0 Å². The van der Waals surface area contributed by atoms with E-state index in [2.05, 4.69) is 14.6 Å². The Bertz CT molecular complexity index is 825. The zero-order valence-electron chi connectivity index (χ0n) is 12.9. The molecule has 0 spiro atoms. The minimum Gasteiger partial charge on any atom is -0.387 e. The highest BCUT2D eigenvalue weighted by atomic mass is 31.2. The highest BCUT2D eigenvalue weighted by Gasteiger charge is 2.46. The monoisotopic (exact) mass is 376 g/mol. The van der Waals surface area contributed by atoms with Crippen molar-refractivity contribution in [3.8, 4) is 0 Å². The third kappa shape index (κ3) is 3.26. The van der Waals surface area contributed by atoms with E-state index in [9.17, 15) is 15.0 Å². The zero-order chi connectivity index (χ0) is 18.3. The maximum atomic E-state index is 12.0. The van der Waals surface area contributed by atoms with E-state index >= 15 is 0 Å². The molecule has 25 heavy (non-hydrogen) atoms. The quantitative estimate of drug-likeness (QED) is 0.201. The van der Waals surface area contributed by atoms with Crippen LogP contribution in [0.4, 0.5) is 5.95 Å². The van der Waals surface area contributed by atoms with Crippen LogP contribution in [0.5, 0.6) is 0 Å². The van der Waals surface area contributed by atoms with E-state index in [1.807, 2.05) is 0 Å². The first kappa shape index (κ1) is 18.2. The Balaban J connectivity index is 1.92. The van der Waals surface area contributed by atoms with Gasteiger partial charge >= 0.3 is 0 Å². The van der Waals surface area contributed by atoms with Gasteiger partial charge in [0, 0.05) is 6.20 Å². The molecule has 138 valence electrons. The first-order chi connectivity index (χ1) is 11.8. The third-order valence-electron chi connectivity index (χ3n) is 3.70. The SMILES string of the molecule is Cc1cn([C@@H]2O[C@H](OOP(O)CO)[C@H](O)C2O)c2nc(N)[nH]c(=O)c12. The van der Waals surface area contributed by atoms with Crippen molar-refractivity contribution < 1.29 is 34.5 Å². The summed E-state index contributed by atoms with van der Waals surface area (Å²) in [7, 11) is -2.25. The topological polar surface area (TPSA) is 185 Å². The molecule has 3 rings (SSSR count). The van der Waals surface area contributed by atoms with Crippen molar-refractivity contribution in [2.75, 3.05) is 12.1 Å². The molecular weight excluding hydrogens is 359 g/mol. The van der Waals surface area contributed by atoms with E-state index in [1.54, 1.807) is 6.92 Å². The molecule has 2 unspecified atom stereocenters. The lowest BCUT2D eigenvalue weighted by atomic mass is 10.2. The maximum Gasteiger partial charge on any atom is 0.262 e. The van der Waals surface area contributed by atoms with Gasteiger partial charge in [0.05, 0.1) is 5.39 Å². The number of nitrogens with two attached hydrogens (primary N) is 1. The Morgan fingerprint density at radius 2 is 2.20 bits per heavy atom. The van der Waals surface area contributed by atoms with Gasteiger partial charge < -0.3 is 35.3 Å². The summed E-state index contributed by atoms with van der Waals surface area (Å²) in [4.78, 5) is 32.3. The number of aliphatic hydroxyl groups excluding tert-OH is 3. The Morgan fingerprint density at radius 3 is 2.88 bits per heavy atom. The fourth-order valence-corrected chi connectivity index (χ4v) is 2.83. The number of H-pyrrole nitrogens is 1. The number of aromatic amines is 1. The number of nitrogens with one attached hydrogen (secondary N) is 1. The lowest BCUT2D eigenvalue weighted by molar-refractivity contribution is -0.332. The molecule has 1 aliphatic rings. The van der Waals surface area contributed by atoms with Crippen LogP contribution in [-0.2, 0) is 14.3 Å². The number of hydrogen-bond acceptors (Lipinski definition) is 10. The number of hydrogen-bond donors (Lipinski definition) is 6. The summed E-state index contributed by atoms with van der Waals surface area (Å²) in [5, 5.41) is 29.2. The van der Waals surface area contributed by atoms with Gasteiger partial charge in [-0.2, -0.15) is 14.5 Å². The van der Waals surface area contributed by atoms with Crippen molar-refractivity contribution >= 4 is 25.4 Å². The molecule has 2 aromatic rings. The number of aromatic nitrogens is 3. The number of nitrogen functional groups attached to an aromatic ring is 1. The average Bonchev–Trinajstić information content (AvgIpc) is 3.03. The highest BCUT2D eigenvalue weighted by molar-refractivity contribution is 7.45. The van der Waals surface area contributed by atoms with Crippen LogP contribution in [0.1, 0.15) is 11.8 Å². The van der Waals surface area contributed by atoms with E-state index < -0.39 is 45.0 Å². The van der Waals surface area contributed by atoms with Crippen LogP contribution in [-0.4, -0.2) is 59.6 Å². The molecule has 3 heterocycles. The van der Waals surface area contributed by atoms with Gasteiger partial charge in [-0.15, -0.1) is 0 Å². The molecule has 1 fully saturated rings. The maximum absolute atomic E-state index is 12.0. The summed E-state index contributed by atoms with van der Waals surface area (Å²) in [6.45, 7) is 1.67. The van der Waals surface area contributed by atoms with Gasteiger partial charge in [0.15, 0.2) is 11.9 Å². The number of rotatable bonds is 5. The van der Waals surface area contributed by atoms with Gasteiger partial charge in [0.25, 0.3) is 5.56 Å². The van der Waals surface area contributed by atoms with Crippen molar-refractivity contribution in [2.24, 2.45) is 0 Å². The number of anilines is 1. The molecule has 7 N–H and O–H groups in total. The molecular formula is C12H17N4O8P. The summed E-state index contributed by atoms with van der Waals surface area (Å²) < 4.78 is 11.2. The van der Waals surface area contributed by atoms with Gasteiger partial charge in [-0.3, -0.25) is 9.78 Å². The van der Waals surface area contributed by atoms with E-state index in [4.69, 9.17) is 25.4 Å². The number of aliphatic hydroxyl groups is 3. The van der Waals surface area contributed by atoms with Gasteiger partial charge in [0.1, 0.15) is 18.6 Å². The fourth-order valence-electron chi connectivity index (χ4n) is 2.60. The lowest BCUT2D eigenvalue weighted by Crippen LogP contribution is -2.32. The van der Waals surface area contributed by atoms with Crippen molar-refractivity contribution in [3.63, 3.8) is 0 Å². The predicted molar refractivity (Wildman–Crippen MR) is 83.8 cm³/mol. The summed E-state index contributed by atoms with van der Waals surface area (Å²) in [6, 6.07) is 0. The molecule has 0 amide bonds. The molecule has 0 aliphatic carbocycles. The number of ether oxygens (including phenoxy) is 1. The summed E-state index contributed by atoms with van der Waals surface area (Å²) in [5.41, 5.74) is 5.84. The van der Waals surface area contributed by atoms with Crippen molar-refractivity contribution in [1.29, 1.82) is 0 Å². The molecule has 0 bridgehead atoms. The van der Waals surface area contributed by atoms with Gasteiger partial charge in [0.2, 0.25) is 20.6 Å². The Labute approximate surface area is 141 Å². The third-order valence-corrected chi connectivity index (χ3v) is 4.20. The first-order valence-electron chi connectivity index (χ1n) is 7.12. The van der Waals surface area contributed by atoms with E-state index in [-0.39, 0.29) is 17.0 Å². The van der Waals surface area contributed by atoms with Crippen molar-refractivity contribution in [2.45, 2.75) is 31.6 Å². The number of aryl methyl sites for hydroxylation is 1. The number of nitrogens with zero attached hydrogens (tertiary/aromatic N) is 2. The van der Waals surface area contributed by atoms with E-state index in [0.717, 1.165) is 0 Å². The zero-order valence-corrected chi connectivity index (χ0v) is 13.8. The molecule has 5 atom stereocenters. The summed E-state index contributed by atoms with van der Waals surface area (Å²) in [5.74, 6) is -0.116. The predicted octanol–water partition coefficient (Wildman–Crippen LogP) is -1.61. The Morgan fingerprint density at radius 1 is 1.48 bits per heavy atom. The largest absolute Gasteiger partial charge is 0.387 e. The molecule has 0 saturated carbocycles. The van der Waals surface area contributed by atoms with Crippen LogP contribution >= 0.6 is 8.38 Å². The van der Waals surface area contributed by atoms with Gasteiger partial charge in [-0.05, 0) is 12.5 Å².